The zero-order valence-corrected chi connectivity index (χ0v) is 14.3. The molecular formula is C17H16N4O3S. The topological polar surface area (TPSA) is 97.1 Å². The Balaban J connectivity index is 1.45. The van der Waals surface area contributed by atoms with Gasteiger partial charge in [-0.1, -0.05) is 28.9 Å². The lowest BCUT2D eigenvalue weighted by Crippen LogP contribution is -2.41. The first-order valence-electron chi connectivity index (χ1n) is 7.64. The van der Waals surface area contributed by atoms with Crippen molar-refractivity contribution in [2.75, 3.05) is 0 Å². The molecule has 0 bridgehead atoms. The number of amides is 2. The lowest BCUT2D eigenvalue weighted by molar-refractivity contribution is -0.121. The van der Waals surface area contributed by atoms with Gasteiger partial charge in [-0.2, -0.15) is 4.98 Å². The number of thiophene rings is 1. The number of hydrazine groups is 1. The van der Waals surface area contributed by atoms with E-state index in [-0.39, 0.29) is 18.2 Å². The third-order valence-corrected chi connectivity index (χ3v) is 4.27. The van der Waals surface area contributed by atoms with Gasteiger partial charge in [-0.3, -0.25) is 20.4 Å². The first-order valence-corrected chi connectivity index (χ1v) is 8.52. The van der Waals surface area contributed by atoms with Crippen LogP contribution in [0.3, 0.4) is 0 Å². The summed E-state index contributed by atoms with van der Waals surface area (Å²) in [4.78, 5) is 28.9. The van der Waals surface area contributed by atoms with Crippen LogP contribution >= 0.6 is 11.3 Å². The van der Waals surface area contributed by atoms with Gasteiger partial charge in [0.1, 0.15) is 0 Å². The molecule has 0 atom stereocenters. The minimum absolute atomic E-state index is 0.125. The van der Waals surface area contributed by atoms with Crippen LogP contribution in [0.4, 0.5) is 0 Å². The van der Waals surface area contributed by atoms with Gasteiger partial charge in [0.15, 0.2) is 0 Å². The zero-order chi connectivity index (χ0) is 17.6. The molecule has 7 nitrogen and oxygen atoms in total. The van der Waals surface area contributed by atoms with E-state index < -0.39 is 0 Å². The number of rotatable bonds is 5. The Morgan fingerprint density at radius 1 is 1.16 bits per heavy atom. The highest BCUT2D eigenvalue weighted by Gasteiger charge is 2.12. The maximum Gasteiger partial charge on any atom is 0.269 e. The molecule has 0 saturated heterocycles. The molecule has 128 valence electrons. The maximum atomic E-state index is 11.9. The Kier molecular flexibility index (Phi) is 5.20. The van der Waals surface area contributed by atoms with E-state index in [0.717, 1.165) is 10.4 Å². The summed E-state index contributed by atoms with van der Waals surface area (Å²) in [6, 6.07) is 10.9. The van der Waals surface area contributed by atoms with E-state index in [2.05, 4.69) is 21.0 Å². The second-order valence-corrected chi connectivity index (χ2v) is 6.31. The predicted octanol–water partition coefficient (Wildman–Crippen LogP) is 2.50. The van der Waals surface area contributed by atoms with E-state index in [1.54, 1.807) is 12.1 Å². The minimum atomic E-state index is -0.369. The molecule has 0 aliphatic heterocycles. The van der Waals surface area contributed by atoms with Crippen molar-refractivity contribution in [3.8, 4) is 10.7 Å². The fourth-order valence-corrected chi connectivity index (χ4v) is 2.70. The van der Waals surface area contributed by atoms with Gasteiger partial charge in [-0.15, -0.1) is 11.3 Å². The monoisotopic (exact) mass is 356 g/mol. The van der Waals surface area contributed by atoms with E-state index >= 15 is 0 Å². The van der Waals surface area contributed by atoms with Crippen molar-refractivity contribution in [1.82, 2.24) is 21.0 Å². The number of hydrogen-bond donors (Lipinski definition) is 2. The number of aromatic nitrogens is 2. The summed E-state index contributed by atoms with van der Waals surface area (Å²) in [6.45, 7) is 1.94. The van der Waals surface area contributed by atoms with Crippen LogP contribution in [0.2, 0.25) is 0 Å². The number of carbonyl (C=O) groups is 2. The standard InChI is InChI=1S/C17H16N4O3S/c1-11-4-6-12(7-5-11)17(23)20-19-14(22)8-9-15-18-16(21-24-15)13-3-2-10-25-13/h2-7,10H,8-9H2,1H3,(H,19,22)(H,20,23). The number of nitrogens with one attached hydrogen (secondary N) is 2. The average molecular weight is 356 g/mol. The normalized spacial score (nSPS) is 10.4. The molecule has 0 saturated carbocycles. The van der Waals surface area contributed by atoms with Crippen molar-refractivity contribution in [2.45, 2.75) is 19.8 Å². The highest BCUT2D eigenvalue weighted by molar-refractivity contribution is 7.13. The summed E-state index contributed by atoms with van der Waals surface area (Å²) < 4.78 is 5.12. The van der Waals surface area contributed by atoms with E-state index in [1.807, 2.05) is 36.6 Å². The lowest BCUT2D eigenvalue weighted by atomic mass is 10.1. The quantitative estimate of drug-likeness (QED) is 0.685. The highest BCUT2D eigenvalue weighted by Crippen LogP contribution is 2.21. The molecule has 0 spiro atoms. The highest BCUT2D eigenvalue weighted by atomic mass is 32.1. The molecule has 8 heteroatoms. The Bertz CT molecular complexity index is 856. The van der Waals surface area contributed by atoms with Crippen LogP contribution in [-0.4, -0.2) is 22.0 Å². The molecular weight excluding hydrogens is 340 g/mol. The summed E-state index contributed by atoms with van der Waals surface area (Å²) in [5.41, 5.74) is 6.29. The van der Waals surface area contributed by atoms with E-state index in [0.29, 0.717) is 23.7 Å². The van der Waals surface area contributed by atoms with Gasteiger partial charge in [0.05, 0.1) is 4.88 Å². The van der Waals surface area contributed by atoms with Crippen molar-refractivity contribution in [3.63, 3.8) is 0 Å². The fraction of sp³-hybridized carbons (Fsp3) is 0.176. The van der Waals surface area contributed by atoms with Crippen LogP contribution in [0.5, 0.6) is 0 Å². The molecule has 2 heterocycles. The lowest BCUT2D eigenvalue weighted by Gasteiger charge is -2.06. The molecule has 2 aromatic heterocycles. The molecule has 0 fully saturated rings. The van der Waals surface area contributed by atoms with E-state index in [1.165, 1.54) is 11.3 Å². The summed E-state index contributed by atoms with van der Waals surface area (Å²) in [6.07, 6.45) is 0.421. The number of benzene rings is 1. The summed E-state index contributed by atoms with van der Waals surface area (Å²) in [5.74, 6) is 0.184. The molecule has 0 aliphatic rings. The Morgan fingerprint density at radius 3 is 2.68 bits per heavy atom. The van der Waals surface area contributed by atoms with Crippen LogP contribution in [0.25, 0.3) is 10.7 Å². The van der Waals surface area contributed by atoms with Gasteiger partial charge < -0.3 is 4.52 Å². The average Bonchev–Trinajstić information content (AvgIpc) is 3.29. The van der Waals surface area contributed by atoms with Gasteiger partial charge in [0, 0.05) is 18.4 Å². The fourth-order valence-electron chi connectivity index (χ4n) is 2.05. The van der Waals surface area contributed by atoms with Crippen LogP contribution in [0.15, 0.2) is 46.3 Å². The summed E-state index contributed by atoms with van der Waals surface area (Å²) in [5, 5.41) is 5.81. The molecule has 3 rings (SSSR count). The van der Waals surface area contributed by atoms with Crippen LogP contribution in [0, 0.1) is 6.92 Å². The van der Waals surface area contributed by atoms with Gasteiger partial charge in [-0.25, -0.2) is 0 Å². The zero-order valence-electron chi connectivity index (χ0n) is 13.5. The minimum Gasteiger partial charge on any atom is -0.339 e. The SMILES string of the molecule is Cc1ccc(C(=O)NNC(=O)CCc2nc(-c3cccs3)no2)cc1. The Morgan fingerprint density at radius 2 is 1.96 bits per heavy atom. The number of hydrogen-bond acceptors (Lipinski definition) is 6. The number of carbonyl (C=O) groups excluding carboxylic acids is 2. The molecule has 25 heavy (non-hydrogen) atoms. The van der Waals surface area contributed by atoms with Crippen molar-refractivity contribution >= 4 is 23.2 Å². The second kappa shape index (κ2) is 7.71. The Hall–Kier alpha value is -3.00. The third-order valence-electron chi connectivity index (χ3n) is 3.40. The van der Waals surface area contributed by atoms with Crippen LogP contribution in [-0.2, 0) is 11.2 Å². The number of nitrogens with zero attached hydrogens (tertiary/aromatic N) is 2. The van der Waals surface area contributed by atoms with Crippen molar-refractivity contribution in [3.05, 3.63) is 58.8 Å². The third kappa shape index (κ3) is 4.51. The molecule has 2 N–H and O–H groups in total. The van der Waals surface area contributed by atoms with E-state index in [9.17, 15) is 9.59 Å². The Labute approximate surface area is 148 Å². The molecule has 0 unspecified atom stereocenters. The summed E-state index contributed by atoms with van der Waals surface area (Å²) in [7, 11) is 0. The second-order valence-electron chi connectivity index (χ2n) is 5.36. The van der Waals surface area contributed by atoms with Crippen LogP contribution in [0.1, 0.15) is 28.2 Å². The van der Waals surface area contributed by atoms with Crippen molar-refractivity contribution < 1.29 is 14.1 Å². The molecule has 0 radical (unpaired) electrons. The van der Waals surface area contributed by atoms with Gasteiger partial charge in [-0.05, 0) is 30.5 Å². The van der Waals surface area contributed by atoms with Gasteiger partial charge in [0.2, 0.25) is 17.6 Å². The van der Waals surface area contributed by atoms with Crippen molar-refractivity contribution in [1.29, 1.82) is 0 Å². The maximum absolute atomic E-state index is 11.9. The van der Waals surface area contributed by atoms with Crippen LogP contribution < -0.4 is 10.9 Å². The van der Waals surface area contributed by atoms with Gasteiger partial charge in [0.25, 0.3) is 5.91 Å². The molecule has 2 amide bonds. The molecule has 1 aromatic carbocycles. The smallest absolute Gasteiger partial charge is 0.269 e. The van der Waals surface area contributed by atoms with E-state index in [4.69, 9.17) is 4.52 Å². The number of aryl methyl sites for hydroxylation is 2. The first kappa shape index (κ1) is 16.8. The van der Waals surface area contributed by atoms with Gasteiger partial charge >= 0.3 is 0 Å². The van der Waals surface area contributed by atoms with Crippen molar-refractivity contribution in [2.24, 2.45) is 0 Å². The molecule has 3 aromatic rings. The first-order chi connectivity index (χ1) is 12.1. The predicted molar refractivity (Wildman–Crippen MR) is 92.7 cm³/mol. The molecule has 0 aliphatic carbocycles. The largest absolute Gasteiger partial charge is 0.339 e. The summed E-state index contributed by atoms with van der Waals surface area (Å²) >= 11 is 1.51.